The van der Waals surface area contributed by atoms with Gasteiger partial charge in [-0.1, -0.05) is 19.0 Å². The second kappa shape index (κ2) is 7.33. The summed E-state index contributed by atoms with van der Waals surface area (Å²) in [4.78, 5) is 15.0. The molecule has 24 heavy (non-hydrogen) atoms. The Bertz CT molecular complexity index is 559. The van der Waals surface area contributed by atoms with E-state index in [1.807, 2.05) is 34.7 Å². The Morgan fingerprint density at radius 3 is 2.54 bits per heavy atom. The van der Waals surface area contributed by atoms with Gasteiger partial charge < -0.3 is 14.4 Å². The Morgan fingerprint density at radius 2 is 1.96 bits per heavy atom. The Kier molecular flexibility index (Phi) is 5.83. The maximum absolute atomic E-state index is 12.8. The fourth-order valence-corrected chi connectivity index (χ4v) is 2.90. The molecule has 0 bridgehead atoms. The van der Waals surface area contributed by atoms with E-state index in [1.54, 1.807) is 6.07 Å². The van der Waals surface area contributed by atoms with Crippen LogP contribution in [-0.2, 0) is 21.4 Å². The van der Waals surface area contributed by atoms with Gasteiger partial charge in [0.1, 0.15) is 5.76 Å². The zero-order chi connectivity index (χ0) is 18.0. The molecule has 6 nitrogen and oxygen atoms in total. The molecule has 0 aromatic carbocycles. The number of carbonyl (C=O) groups is 1. The van der Waals surface area contributed by atoms with Crippen molar-refractivity contribution in [2.45, 2.75) is 64.0 Å². The number of likely N-dealkylation sites (N-methyl/N-ethyl adjacent to an activating group) is 1. The minimum Gasteiger partial charge on any atom is -0.395 e. The monoisotopic (exact) mass is 338 g/mol. The maximum Gasteiger partial charge on any atom is 0.160 e. The Morgan fingerprint density at radius 1 is 1.33 bits per heavy atom. The number of nitrogens with zero attached hydrogens (tertiary/aromatic N) is 2. The van der Waals surface area contributed by atoms with Gasteiger partial charge in [0.15, 0.2) is 5.78 Å². The predicted octanol–water partition coefficient (Wildman–Crippen LogP) is 1.95. The van der Waals surface area contributed by atoms with Crippen molar-refractivity contribution in [1.82, 2.24) is 10.1 Å². The van der Waals surface area contributed by atoms with E-state index in [-0.39, 0.29) is 18.8 Å². The quantitative estimate of drug-likeness (QED) is 0.819. The molecule has 0 atom stereocenters. The van der Waals surface area contributed by atoms with Crippen LogP contribution < -0.4 is 0 Å². The lowest BCUT2D eigenvalue weighted by Crippen LogP contribution is -2.54. The number of rotatable bonds is 7. The highest BCUT2D eigenvalue weighted by Crippen LogP contribution is 2.26. The van der Waals surface area contributed by atoms with E-state index in [0.717, 1.165) is 26.1 Å². The number of carbonyl (C=O) groups excluding carboxylic acids is 1. The third-order valence-corrected chi connectivity index (χ3v) is 5.29. The number of ether oxygens (including phenoxy) is 1. The second-order valence-electron chi connectivity index (χ2n) is 7.83. The number of aliphatic hydroxyl groups excluding tert-OH is 1. The number of Topliss-reactive ketones (excluding diaryl/α,β-unsaturated/α-hetero) is 1. The van der Waals surface area contributed by atoms with Crippen LogP contribution in [0.5, 0.6) is 0 Å². The van der Waals surface area contributed by atoms with Crippen LogP contribution in [0.1, 0.15) is 52.0 Å². The number of aromatic nitrogens is 1. The third-order valence-electron chi connectivity index (χ3n) is 5.29. The average Bonchev–Trinajstić information content (AvgIpc) is 3.04. The first-order chi connectivity index (χ1) is 11.2. The topological polar surface area (TPSA) is 75.8 Å². The van der Waals surface area contributed by atoms with E-state index in [9.17, 15) is 9.90 Å². The van der Waals surface area contributed by atoms with Gasteiger partial charge in [-0.05, 0) is 33.7 Å². The average molecular weight is 338 g/mol. The molecular formula is C18H30N2O4. The molecule has 136 valence electrons. The summed E-state index contributed by atoms with van der Waals surface area (Å²) in [5.74, 6) is 0.644. The normalized spacial score (nSPS) is 17.5. The van der Waals surface area contributed by atoms with Crippen LogP contribution >= 0.6 is 0 Å². The van der Waals surface area contributed by atoms with E-state index >= 15 is 0 Å². The molecular weight excluding hydrogens is 308 g/mol. The zero-order valence-electron chi connectivity index (χ0n) is 15.5. The molecule has 1 aromatic heterocycles. The summed E-state index contributed by atoms with van der Waals surface area (Å²) in [5.41, 5.74) is -0.385. The SMILES string of the molecule is CN(C1CCOCC1)C(C)(C)C(=O)Cc1cc(C(C)(C)CO)no1. The Hall–Kier alpha value is -1.24. The molecule has 0 amide bonds. The molecule has 1 aromatic rings. The number of hydrogen-bond acceptors (Lipinski definition) is 6. The molecule has 1 aliphatic rings. The molecule has 1 saturated heterocycles. The van der Waals surface area contributed by atoms with Gasteiger partial charge in [0, 0.05) is 30.7 Å². The van der Waals surface area contributed by atoms with Gasteiger partial charge >= 0.3 is 0 Å². The smallest absolute Gasteiger partial charge is 0.160 e. The molecule has 0 unspecified atom stereocenters. The first-order valence-corrected chi connectivity index (χ1v) is 8.59. The molecule has 1 N–H and O–H groups in total. The Balaban J connectivity index is 2.05. The van der Waals surface area contributed by atoms with E-state index < -0.39 is 11.0 Å². The maximum atomic E-state index is 12.8. The largest absolute Gasteiger partial charge is 0.395 e. The molecule has 1 aliphatic heterocycles. The summed E-state index contributed by atoms with van der Waals surface area (Å²) >= 11 is 0. The van der Waals surface area contributed by atoms with Crippen LogP contribution in [0.2, 0.25) is 0 Å². The molecule has 1 fully saturated rings. The first kappa shape index (κ1) is 19.1. The number of hydrogen-bond donors (Lipinski definition) is 1. The lowest BCUT2D eigenvalue weighted by Gasteiger charge is -2.41. The standard InChI is InChI=1S/C18H30N2O4/c1-17(2,12-21)15-10-14(24-19-15)11-16(22)18(3,4)20(5)13-6-8-23-9-7-13/h10,13,21H,6-9,11-12H2,1-5H3. The number of aliphatic hydroxyl groups is 1. The van der Waals surface area contributed by atoms with E-state index in [2.05, 4.69) is 10.1 Å². The van der Waals surface area contributed by atoms with Crippen molar-refractivity contribution in [3.05, 3.63) is 17.5 Å². The lowest BCUT2D eigenvalue weighted by atomic mass is 9.89. The second-order valence-corrected chi connectivity index (χ2v) is 7.83. The summed E-state index contributed by atoms with van der Waals surface area (Å²) in [7, 11) is 2.01. The third kappa shape index (κ3) is 4.05. The minimum absolute atomic E-state index is 0.0229. The fourth-order valence-electron chi connectivity index (χ4n) is 2.90. The molecule has 6 heteroatoms. The van der Waals surface area contributed by atoms with Crippen LogP contribution in [0.15, 0.2) is 10.6 Å². The highest BCUT2D eigenvalue weighted by atomic mass is 16.5. The summed E-state index contributed by atoms with van der Waals surface area (Å²) in [6.07, 6.45) is 2.10. The van der Waals surface area contributed by atoms with Crippen LogP contribution in [-0.4, -0.2) is 59.4 Å². The van der Waals surface area contributed by atoms with Crippen molar-refractivity contribution in [1.29, 1.82) is 0 Å². The highest BCUT2D eigenvalue weighted by molar-refractivity contribution is 5.89. The summed E-state index contributed by atoms with van der Waals surface area (Å²) in [5, 5.41) is 13.4. The molecule has 2 rings (SSSR count). The summed E-state index contributed by atoms with van der Waals surface area (Å²) in [6, 6.07) is 2.13. The van der Waals surface area contributed by atoms with Crippen LogP contribution in [0.25, 0.3) is 0 Å². The van der Waals surface area contributed by atoms with Gasteiger partial charge in [-0.15, -0.1) is 0 Å². The van der Waals surface area contributed by atoms with Gasteiger partial charge in [-0.3, -0.25) is 9.69 Å². The molecule has 0 radical (unpaired) electrons. The predicted molar refractivity (Wildman–Crippen MR) is 91.0 cm³/mol. The van der Waals surface area contributed by atoms with Crippen molar-refractivity contribution < 1.29 is 19.2 Å². The van der Waals surface area contributed by atoms with Crippen LogP contribution in [0, 0.1) is 0 Å². The zero-order valence-corrected chi connectivity index (χ0v) is 15.5. The van der Waals surface area contributed by atoms with Crippen LogP contribution in [0.4, 0.5) is 0 Å². The van der Waals surface area contributed by atoms with E-state index in [4.69, 9.17) is 9.26 Å². The van der Waals surface area contributed by atoms with Crippen molar-refractivity contribution in [3.63, 3.8) is 0 Å². The summed E-state index contributed by atoms with van der Waals surface area (Å²) in [6.45, 7) is 9.17. The van der Waals surface area contributed by atoms with Gasteiger partial charge in [0.05, 0.1) is 24.3 Å². The van der Waals surface area contributed by atoms with Gasteiger partial charge in [0.2, 0.25) is 0 Å². The van der Waals surface area contributed by atoms with Gasteiger partial charge in [0.25, 0.3) is 0 Å². The molecule has 0 saturated carbocycles. The minimum atomic E-state index is -0.582. The molecule has 0 aliphatic carbocycles. The van der Waals surface area contributed by atoms with Crippen LogP contribution in [0.3, 0.4) is 0 Å². The van der Waals surface area contributed by atoms with Gasteiger partial charge in [-0.2, -0.15) is 0 Å². The highest BCUT2D eigenvalue weighted by Gasteiger charge is 2.37. The molecule has 2 heterocycles. The van der Waals surface area contributed by atoms with E-state index in [1.165, 1.54) is 0 Å². The number of ketones is 1. The van der Waals surface area contributed by atoms with Gasteiger partial charge in [-0.25, -0.2) is 0 Å². The van der Waals surface area contributed by atoms with E-state index in [0.29, 0.717) is 17.5 Å². The molecule has 0 spiro atoms. The first-order valence-electron chi connectivity index (χ1n) is 8.59. The van der Waals surface area contributed by atoms with Crippen molar-refractivity contribution in [2.75, 3.05) is 26.9 Å². The van der Waals surface area contributed by atoms with Crippen molar-refractivity contribution >= 4 is 5.78 Å². The fraction of sp³-hybridized carbons (Fsp3) is 0.778. The summed E-state index contributed by atoms with van der Waals surface area (Å²) < 4.78 is 10.7. The van der Waals surface area contributed by atoms with Crippen molar-refractivity contribution in [2.24, 2.45) is 0 Å². The Labute approximate surface area is 144 Å². The van der Waals surface area contributed by atoms with Crippen molar-refractivity contribution in [3.8, 4) is 0 Å². The lowest BCUT2D eigenvalue weighted by molar-refractivity contribution is -0.130.